The lowest BCUT2D eigenvalue weighted by Crippen LogP contribution is -2.46. The number of hydrogen-bond donors (Lipinski definition) is 0. The van der Waals surface area contributed by atoms with Gasteiger partial charge in [0.15, 0.2) is 0 Å². The molecular weight excluding hydrogens is 356 g/mol. The van der Waals surface area contributed by atoms with Crippen molar-refractivity contribution in [3.63, 3.8) is 0 Å². The van der Waals surface area contributed by atoms with Crippen LogP contribution in [0.25, 0.3) is 0 Å². The predicted octanol–water partition coefficient (Wildman–Crippen LogP) is 1.58. The highest BCUT2D eigenvalue weighted by molar-refractivity contribution is 7.89. The van der Waals surface area contributed by atoms with Gasteiger partial charge in [0.05, 0.1) is 25.2 Å². The summed E-state index contributed by atoms with van der Waals surface area (Å²) < 4.78 is 33.0. The minimum absolute atomic E-state index is 0.135. The molecule has 2 fully saturated rings. The van der Waals surface area contributed by atoms with Gasteiger partial charge in [0, 0.05) is 20.1 Å². The molecule has 2 atom stereocenters. The largest absolute Gasteiger partial charge is 0.466 e. The van der Waals surface area contributed by atoms with Crippen LogP contribution < -0.4 is 0 Å². The first-order valence-electron chi connectivity index (χ1n) is 9.01. The number of rotatable bonds is 5. The van der Waals surface area contributed by atoms with Gasteiger partial charge in [-0.1, -0.05) is 30.3 Å². The van der Waals surface area contributed by atoms with Crippen LogP contribution in [0.5, 0.6) is 0 Å². The number of piperidine rings is 1. The van der Waals surface area contributed by atoms with Gasteiger partial charge < -0.3 is 4.74 Å². The highest BCUT2D eigenvalue weighted by Crippen LogP contribution is 2.36. The summed E-state index contributed by atoms with van der Waals surface area (Å²) in [5, 5.41) is 0.970. The molecule has 26 heavy (non-hydrogen) atoms. The van der Waals surface area contributed by atoms with E-state index in [0.717, 1.165) is 5.56 Å². The first-order valence-corrected chi connectivity index (χ1v) is 10.5. The highest BCUT2D eigenvalue weighted by atomic mass is 32.2. The molecule has 3 rings (SSSR count). The van der Waals surface area contributed by atoms with Crippen LogP contribution in [-0.2, 0) is 24.4 Å². The summed E-state index contributed by atoms with van der Waals surface area (Å²) >= 11 is 0. The maximum Gasteiger partial charge on any atom is 0.309 e. The third-order valence-corrected chi connectivity index (χ3v) is 7.39. The standard InChI is InChI=1S/C18H26N2O5S/c1-3-24-18(21)15-9-11-20(12-10-15)26(22,23)16-13-25-19(2)17(16)14-7-5-4-6-8-14/h4-8,15-17H,3,9-13H2,1-2H3. The Labute approximate surface area is 154 Å². The van der Waals surface area contributed by atoms with Gasteiger partial charge >= 0.3 is 5.97 Å². The van der Waals surface area contributed by atoms with Crippen molar-refractivity contribution in [2.45, 2.75) is 31.1 Å². The van der Waals surface area contributed by atoms with Crippen LogP contribution in [0.2, 0.25) is 0 Å². The van der Waals surface area contributed by atoms with E-state index in [1.54, 1.807) is 19.0 Å². The van der Waals surface area contributed by atoms with Crippen LogP contribution in [0.4, 0.5) is 0 Å². The number of carbonyl (C=O) groups is 1. The van der Waals surface area contributed by atoms with Gasteiger partial charge in [-0.05, 0) is 25.3 Å². The molecule has 1 aromatic rings. The van der Waals surface area contributed by atoms with E-state index < -0.39 is 15.3 Å². The number of ether oxygens (including phenoxy) is 1. The predicted molar refractivity (Wildman–Crippen MR) is 96.5 cm³/mol. The Hall–Kier alpha value is -1.48. The summed E-state index contributed by atoms with van der Waals surface area (Å²) in [5.74, 6) is -0.440. The van der Waals surface area contributed by atoms with Crippen LogP contribution in [0.15, 0.2) is 30.3 Å². The Morgan fingerprint density at radius 2 is 1.88 bits per heavy atom. The van der Waals surface area contributed by atoms with Gasteiger partial charge in [0.2, 0.25) is 10.0 Å². The number of sulfonamides is 1. The lowest BCUT2D eigenvalue weighted by molar-refractivity contribution is -0.149. The fraction of sp³-hybridized carbons (Fsp3) is 0.611. The second-order valence-corrected chi connectivity index (χ2v) is 8.86. The van der Waals surface area contributed by atoms with Crippen molar-refractivity contribution in [1.82, 2.24) is 9.37 Å². The molecule has 0 radical (unpaired) electrons. The Kier molecular flexibility index (Phi) is 5.96. The number of hydrogen-bond acceptors (Lipinski definition) is 6. The monoisotopic (exact) mass is 382 g/mol. The van der Waals surface area contributed by atoms with Crippen LogP contribution in [0.3, 0.4) is 0 Å². The quantitative estimate of drug-likeness (QED) is 0.720. The third kappa shape index (κ3) is 3.78. The van der Waals surface area contributed by atoms with Crippen LogP contribution in [0.1, 0.15) is 31.4 Å². The van der Waals surface area contributed by atoms with E-state index in [1.165, 1.54) is 4.31 Å². The van der Waals surface area contributed by atoms with Crippen molar-refractivity contribution in [3.8, 4) is 0 Å². The molecule has 0 bridgehead atoms. The number of nitrogens with zero attached hydrogens (tertiary/aromatic N) is 2. The molecule has 8 heteroatoms. The normalized spacial score (nSPS) is 26.1. The molecule has 0 aliphatic carbocycles. The van der Waals surface area contributed by atoms with Crippen molar-refractivity contribution >= 4 is 16.0 Å². The third-order valence-electron chi connectivity index (χ3n) is 5.14. The topological polar surface area (TPSA) is 76.1 Å². The zero-order chi connectivity index (χ0) is 18.7. The van der Waals surface area contributed by atoms with E-state index in [0.29, 0.717) is 32.5 Å². The minimum atomic E-state index is -3.54. The SMILES string of the molecule is CCOC(=O)C1CCN(S(=O)(=O)C2CON(C)C2c2ccccc2)CC1. The molecule has 0 N–H and O–H groups in total. The molecule has 0 amide bonds. The first-order chi connectivity index (χ1) is 12.4. The Balaban J connectivity index is 1.73. The number of hydroxylamine groups is 2. The van der Waals surface area contributed by atoms with Gasteiger partial charge in [-0.2, -0.15) is 5.06 Å². The highest BCUT2D eigenvalue weighted by Gasteiger charge is 2.46. The summed E-state index contributed by atoms with van der Waals surface area (Å²) in [6.45, 7) is 2.94. The van der Waals surface area contributed by atoms with Crippen molar-refractivity contribution in [2.24, 2.45) is 5.92 Å². The van der Waals surface area contributed by atoms with Gasteiger partial charge in [0.1, 0.15) is 5.25 Å². The fourth-order valence-corrected chi connectivity index (χ4v) is 5.71. The second-order valence-electron chi connectivity index (χ2n) is 6.71. The van der Waals surface area contributed by atoms with Crippen molar-refractivity contribution in [1.29, 1.82) is 0 Å². The molecule has 2 aliphatic heterocycles. The fourth-order valence-electron chi connectivity index (χ4n) is 3.72. The van der Waals surface area contributed by atoms with Crippen LogP contribution >= 0.6 is 0 Å². The molecule has 2 saturated heterocycles. The number of carbonyl (C=O) groups excluding carboxylic acids is 1. The molecule has 0 spiro atoms. The van der Waals surface area contributed by atoms with E-state index >= 15 is 0 Å². The Bertz CT molecular complexity index is 716. The molecule has 7 nitrogen and oxygen atoms in total. The average Bonchev–Trinajstić information content (AvgIpc) is 3.05. The summed E-state index contributed by atoms with van der Waals surface area (Å²) in [5.41, 5.74) is 0.919. The van der Waals surface area contributed by atoms with Crippen molar-refractivity contribution in [3.05, 3.63) is 35.9 Å². The first kappa shape index (κ1) is 19.3. The van der Waals surface area contributed by atoms with Crippen molar-refractivity contribution in [2.75, 3.05) is 33.4 Å². The zero-order valence-corrected chi connectivity index (χ0v) is 16.0. The molecule has 0 saturated carbocycles. The van der Waals surface area contributed by atoms with E-state index in [2.05, 4.69) is 0 Å². The summed E-state index contributed by atoms with van der Waals surface area (Å²) in [4.78, 5) is 17.4. The lowest BCUT2D eigenvalue weighted by atomic mass is 9.98. The molecule has 0 aromatic heterocycles. The molecule has 144 valence electrons. The molecular formula is C18H26N2O5S. The minimum Gasteiger partial charge on any atom is -0.466 e. The Morgan fingerprint density at radius 1 is 1.23 bits per heavy atom. The van der Waals surface area contributed by atoms with Crippen LogP contribution in [0, 0.1) is 5.92 Å². The summed E-state index contributed by atoms with van der Waals surface area (Å²) in [7, 11) is -1.77. The van der Waals surface area contributed by atoms with Crippen LogP contribution in [-0.4, -0.2) is 62.4 Å². The summed E-state index contributed by atoms with van der Waals surface area (Å²) in [6.07, 6.45) is 0.995. The van der Waals surface area contributed by atoms with E-state index in [-0.39, 0.29) is 24.5 Å². The van der Waals surface area contributed by atoms with E-state index in [4.69, 9.17) is 9.57 Å². The molecule has 1 aromatic carbocycles. The zero-order valence-electron chi connectivity index (χ0n) is 15.2. The maximum atomic E-state index is 13.2. The maximum absolute atomic E-state index is 13.2. The van der Waals surface area contributed by atoms with Gasteiger partial charge in [-0.3, -0.25) is 9.63 Å². The van der Waals surface area contributed by atoms with Gasteiger partial charge in [-0.15, -0.1) is 0 Å². The van der Waals surface area contributed by atoms with Gasteiger partial charge in [0.25, 0.3) is 0 Å². The van der Waals surface area contributed by atoms with E-state index in [9.17, 15) is 13.2 Å². The Morgan fingerprint density at radius 3 is 2.50 bits per heavy atom. The summed E-state index contributed by atoms with van der Waals surface area (Å²) in [6, 6.07) is 9.20. The van der Waals surface area contributed by atoms with Crippen molar-refractivity contribution < 1.29 is 22.8 Å². The number of benzene rings is 1. The lowest BCUT2D eigenvalue weighted by Gasteiger charge is -2.33. The van der Waals surface area contributed by atoms with E-state index in [1.807, 2.05) is 30.3 Å². The number of esters is 1. The molecule has 2 aliphatic rings. The average molecular weight is 382 g/mol. The van der Waals surface area contributed by atoms with Gasteiger partial charge in [-0.25, -0.2) is 12.7 Å². The molecule has 2 unspecified atom stereocenters. The smallest absolute Gasteiger partial charge is 0.309 e. The molecule has 2 heterocycles. The second kappa shape index (κ2) is 8.04.